The Kier molecular flexibility index (Phi) is 5.61. The van der Waals surface area contributed by atoms with Gasteiger partial charge in [0, 0.05) is 0 Å². The number of rotatable bonds is 3. The molecule has 0 spiro atoms. The highest BCUT2D eigenvalue weighted by molar-refractivity contribution is 6.29. The molecule has 0 aliphatic heterocycles. The molecule has 0 fully saturated rings. The highest BCUT2D eigenvalue weighted by atomic mass is 14.2. The third-order valence-corrected chi connectivity index (χ3v) is 9.21. The molecule has 0 saturated carbocycles. The van der Waals surface area contributed by atoms with Gasteiger partial charge in [0.05, 0.1) is 0 Å². The predicted molar refractivity (Wildman–Crippen MR) is 190 cm³/mol. The first-order valence-electron chi connectivity index (χ1n) is 15.3. The molecule has 0 bridgehead atoms. The largest absolute Gasteiger partial charge is 0.0616 e. The van der Waals surface area contributed by atoms with Crippen LogP contribution in [0.25, 0.3) is 87.2 Å². The Balaban J connectivity index is 1.41. The molecule has 0 heterocycles. The van der Waals surface area contributed by atoms with Crippen LogP contribution in [0.5, 0.6) is 0 Å². The molecule has 0 aliphatic carbocycles. The zero-order chi connectivity index (χ0) is 29.0. The van der Waals surface area contributed by atoms with Gasteiger partial charge in [0.2, 0.25) is 0 Å². The molecular formula is C44H28. The summed E-state index contributed by atoms with van der Waals surface area (Å²) in [6.07, 6.45) is 0. The van der Waals surface area contributed by atoms with E-state index in [-0.39, 0.29) is 0 Å². The van der Waals surface area contributed by atoms with Gasteiger partial charge in [-0.05, 0) is 99.4 Å². The van der Waals surface area contributed by atoms with Gasteiger partial charge in [-0.25, -0.2) is 0 Å². The predicted octanol–water partition coefficient (Wildman–Crippen LogP) is 12.5. The SMILES string of the molecule is c1cc(-c2ccc3ccccc3c2)cc(-c2c3ccccc3c(-c3cccc4ccccc34)c3ccc4ccccc4c23)c1. The van der Waals surface area contributed by atoms with Gasteiger partial charge in [-0.3, -0.25) is 0 Å². The van der Waals surface area contributed by atoms with E-state index in [4.69, 9.17) is 0 Å². The van der Waals surface area contributed by atoms with Crippen LogP contribution in [0.1, 0.15) is 0 Å². The zero-order valence-electron chi connectivity index (χ0n) is 24.2. The van der Waals surface area contributed by atoms with Crippen LogP contribution < -0.4 is 0 Å². The van der Waals surface area contributed by atoms with Gasteiger partial charge in [-0.1, -0.05) is 158 Å². The highest BCUT2D eigenvalue weighted by Crippen LogP contribution is 2.47. The Morgan fingerprint density at radius 1 is 0.250 bits per heavy atom. The molecule has 9 aromatic carbocycles. The molecule has 0 aromatic heterocycles. The van der Waals surface area contributed by atoms with E-state index in [1.165, 1.54) is 87.2 Å². The summed E-state index contributed by atoms with van der Waals surface area (Å²) in [6, 6.07) is 62.4. The molecule has 9 rings (SSSR count). The maximum Gasteiger partial charge on any atom is -0.00141 e. The van der Waals surface area contributed by atoms with Crippen LogP contribution in [-0.4, -0.2) is 0 Å². The van der Waals surface area contributed by atoms with Crippen molar-refractivity contribution in [1.29, 1.82) is 0 Å². The van der Waals surface area contributed by atoms with Crippen molar-refractivity contribution < 1.29 is 0 Å². The van der Waals surface area contributed by atoms with Crippen LogP contribution in [0, 0.1) is 0 Å². The lowest BCUT2D eigenvalue weighted by molar-refractivity contribution is 1.63. The topological polar surface area (TPSA) is 0 Å². The van der Waals surface area contributed by atoms with Gasteiger partial charge in [0.25, 0.3) is 0 Å². The molecule has 0 amide bonds. The molecule has 0 saturated heterocycles. The van der Waals surface area contributed by atoms with Crippen molar-refractivity contribution in [3.05, 3.63) is 170 Å². The zero-order valence-corrected chi connectivity index (χ0v) is 24.2. The van der Waals surface area contributed by atoms with Gasteiger partial charge in [-0.15, -0.1) is 0 Å². The van der Waals surface area contributed by atoms with E-state index in [1.807, 2.05) is 0 Å². The van der Waals surface area contributed by atoms with Crippen molar-refractivity contribution in [3.63, 3.8) is 0 Å². The second-order valence-electron chi connectivity index (χ2n) is 11.7. The molecular weight excluding hydrogens is 528 g/mol. The van der Waals surface area contributed by atoms with E-state index < -0.39 is 0 Å². The highest BCUT2D eigenvalue weighted by Gasteiger charge is 2.20. The molecule has 0 unspecified atom stereocenters. The van der Waals surface area contributed by atoms with Gasteiger partial charge >= 0.3 is 0 Å². The van der Waals surface area contributed by atoms with Crippen molar-refractivity contribution >= 4 is 53.9 Å². The van der Waals surface area contributed by atoms with E-state index in [1.54, 1.807) is 0 Å². The smallest absolute Gasteiger partial charge is 0.00141 e. The summed E-state index contributed by atoms with van der Waals surface area (Å²) in [7, 11) is 0. The van der Waals surface area contributed by atoms with Crippen molar-refractivity contribution in [2.24, 2.45) is 0 Å². The third kappa shape index (κ3) is 3.85. The molecule has 9 aromatic rings. The molecule has 0 aliphatic rings. The lowest BCUT2D eigenvalue weighted by Crippen LogP contribution is -1.93. The van der Waals surface area contributed by atoms with Crippen LogP contribution in [0.4, 0.5) is 0 Å². The van der Waals surface area contributed by atoms with Crippen LogP contribution in [0.3, 0.4) is 0 Å². The normalized spacial score (nSPS) is 11.6. The monoisotopic (exact) mass is 556 g/mol. The van der Waals surface area contributed by atoms with Crippen LogP contribution in [0.2, 0.25) is 0 Å². The van der Waals surface area contributed by atoms with Gasteiger partial charge < -0.3 is 0 Å². The Morgan fingerprint density at radius 2 is 0.795 bits per heavy atom. The number of hydrogen-bond donors (Lipinski definition) is 0. The Labute approximate surface area is 256 Å². The first-order valence-corrected chi connectivity index (χ1v) is 15.3. The quantitative estimate of drug-likeness (QED) is 0.150. The fourth-order valence-corrected chi connectivity index (χ4v) is 7.20. The molecule has 204 valence electrons. The maximum atomic E-state index is 2.38. The Bertz CT molecular complexity index is 2550. The van der Waals surface area contributed by atoms with Crippen molar-refractivity contribution in [1.82, 2.24) is 0 Å². The minimum absolute atomic E-state index is 1.23. The fourth-order valence-electron chi connectivity index (χ4n) is 7.20. The van der Waals surface area contributed by atoms with Crippen molar-refractivity contribution in [2.45, 2.75) is 0 Å². The molecule has 0 radical (unpaired) electrons. The van der Waals surface area contributed by atoms with Gasteiger partial charge in [0.1, 0.15) is 0 Å². The molecule has 0 N–H and O–H groups in total. The van der Waals surface area contributed by atoms with Gasteiger partial charge in [0.15, 0.2) is 0 Å². The summed E-state index contributed by atoms with van der Waals surface area (Å²) >= 11 is 0. The molecule has 0 nitrogen and oxygen atoms in total. The van der Waals surface area contributed by atoms with E-state index in [0.29, 0.717) is 0 Å². The minimum Gasteiger partial charge on any atom is -0.0616 e. The summed E-state index contributed by atoms with van der Waals surface area (Å²) < 4.78 is 0. The molecule has 44 heavy (non-hydrogen) atoms. The van der Waals surface area contributed by atoms with Gasteiger partial charge in [-0.2, -0.15) is 0 Å². The van der Waals surface area contributed by atoms with Crippen molar-refractivity contribution in [3.8, 4) is 33.4 Å². The lowest BCUT2D eigenvalue weighted by Gasteiger charge is -2.20. The van der Waals surface area contributed by atoms with Crippen LogP contribution >= 0.6 is 0 Å². The summed E-state index contributed by atoms with van der Waals surface area (Å²) in [4.78, 5) is 0. The fraction of sp³-hybridized carbons (Fsp3) is 0. The van der Waals surface area contributed by atoms with E-state index in [0.717, 1.165) is 0 Å². The summed E-state index contributed by atoms with van der Waals surface area (Å²) in [5.41, 5.74) is 7.56. The Hall–Kier alpha value is -5.72. The second kappa shape index (κ2) is 9.93. The van der Waals surface area contributed by atoms with Crippen LogP contribution in [-0.2, 0) is 0 Å². The first-order chi connectivity index (χ1) is 21.8. The minimum atomic E-state index is 1.23. The van der Waals surface area contributed by atoms with Crippen molar-refractivity contribution in [2.75, 3.05) is 0 Å². The third-order valence-electron chi connectivity index (χ3n) is 9.21. The Morgan fingerprint density at radius 3 is 1.61 bits per heavy atom. The first kappa shape index (κ1) is 24.8. The lowest BCUT2D eigenvalue weighted by atomic mass is 9.82. The number of benzene rings is 9. The standard InChI is InChI=1S/C44H28/c1-2-14-32-27-34(24-23-29(32)11-1)33-16-9-17-35(28-33)42-39-20-7-8-21-40(39)43(38-22-10-15-30-12-3-5-18-36(30)38)41-26-25-31-13-4-6-19-37(31)44(41)42/h1-28H. The number of fused-ring (bicyclic) bond motifs is 6. The summed E-state index contributed by atoms with van der Waals surface area (Å²) in [5.74, 6) is 0. The van der Waals surface area contributed by atoms with E-state index in [9.17, 15) is 0 Å². The van der Waals surface area contributed by atoms with E-state index >= 15 is 0 Å². The van der Waals surface area contributed by atoms with E-state index in [2.05, 4.69) is 170 Å². The number of hydrogen-bond acceptors (Lipinski definition) is 0. The maximum absolute atomic E-state index is 2.38. The molecule has 0 atom stereocenters. The average molecular weight is 557 g/mol. The average Bonchev–Trinajstić information content (AvgIpc) is 3.10. The summed E-state index contributed by atoms with van der Waals surface area (Å²) in [6.45, 7) is 0. The second-order valence-corrected chi connectivity index (χ2v) is 11.7. The summed E-state index contributed by atoms with van der Waals surface area (Å²) in [5, 5.41) is 12.7. The van der Waals surface area contributed by atoms with Crippen LogP contribution in [0.15, 0.2) is 170 Å². The molecule has 0 heteroatoms.